The van der Waals surface area contributed by atoms with Gasteiger partial charge in [-0.1, -0.05) is 35.5 Å². The van der Waals surface area contributed by atoms with Crippen molar-refractivity contribution in [2.24, 2.45) is 0 Å². The zero-order valence-electron chi connectivity index (χ0n) is 16.2. The molecule has 0 radical (unpaired) electrons. The van der Waals surface area contributed by atoms with Crippen LogP contribution in [0.15, 0.2) is 66.9 Å². The van der Waals surface area contributed by atoms with Gasteiger partial charge in [-0.05, 0) is 42.8 Å². The molecule has 1 aromatic heterocycles. The van der Waals surface area contributed by atoms with E-state index in [0.29, 0.717) is 23.6 Å². The van der Waals surface area contributed by atoms with Crippen molar-refractivity contribution in [1.29, 1.82) is 0 Å². The molecule has 7 heteroatoms. The highest BCUT2D eigenvalue weighted by Crippen LogP contribution is 2.14. The SMILES string of the molecule is COc1ccc(C(=O)[C@H](C)OC(=O)/C=C/c2cn(Cc3ccccc3)nn2)cc1. The van der Waals surface area contributed by atoms with Crippen LogP contribution in [0.4, 0.5) is 0 Å². The molecule has 2 aromatic carbocycles. The van der Waals surface area contributed by atoms with Crippen LogP contribution in [0.3, 0.4) is 0 Å². The molecule has 1 heterocycles. The highest BCUT2D eigenvalue weighted by molar-refractivity contribution is 6.01. The van der Waals surface area contributed by atoms with Gasteiger partial charge in [-0.3, -0.25) is 4.79 Å². The van der Waals surface area contributed by atoms with Gasteiger partial charge >= 0.3 is 5.97 Å². The Morgan fingerprint density at radius 3 is 2.52 bits per heavy atom. The van der Waals surface area contributed by atoms with Gasteiger partial charge in [0, 0.05) is 11.6 Å². The largest absolute Gasteiger partial charge is 0.497 e. The van der Waals surface area contributed by atoms with Gasteiger partial charge in [-0.25, -0.2) is 9.48 Å². The van der Waals surface area contributed by atoms with Gasteiger partial charge in [0.2, 0.25) is 5.78 Å². The zero-order valence-corrected chi connectivity index (χ0v) is 16.2. The number of ketones is 1. The molecule has 7 nitrogen and oxygen atoms in total. The van der Waals surface area contributed by atoms with Crippen molar-refractivity contribution in [2.45, 2.75) is 19.6 Å². The van der Waals surface area contributed by atoms with Gasteiger partial charge in [0.15, 0.2) is 6.10 Å². The van der Waals surface area contributed by atoms with Gasteiger partial charge in [0.05, 0.1) is 19.9 Å². The molecule has 148 valence electrons. The van der Waals surface area contributed by atoms with Crippen LogP contribution in [-0.2, 0) is 16.1 Å². The summed E-state index contributed by atoms with van der Waals surface area (Å²) in [6.45, 7) is 2.12. The van der Waals surface area contributed by atoms with Gasteiger partial charge in [-0.15, -0.1) is 5.10 Å². The van der Waals surface area contributed by atoms with Crippen molar-refractivity contribution in [3.05, 3.63) is 83.7 Å². The van der Waals surface area contributed by atoms with Gasteiger partial charge in [0.25, 0.3) is 0 Å². The fraction of sp³-hybridized carbons (Fsp3) is 0.182. The molecule has 0 aliphatic rings. The van der Waals surface area contributed by atoms with E-state index in [0.717, 1.165) is 5.56 Å². The lowest BCUT2D eigenvalue weighted by molar-refractivity contribution is -0.140. The highest BCUT2D eigenvalue weighted by atomic mass is 16.5. The molecule has 3 aromatic rings. The number of rotatable bonds is 8. The molecule has 0 bridgehead atoms. The molecule has 0 aliphatic carbocycles. The molecule has 0 fully saturated rings. The fourth-order valence-electron chi connectivity index (χ4n) is 2.65. The van der Waals surface area contributed by atoms with Crippen molar-refractivity contribution >= 4 is 17.8 Å². The van der Waals surface area contributed by atoms with Crippen LogP contribution in [0.1, 0.15) is 28.5 Å². The Morgan fingerprint density at radius 2 is 1.83 bits per heavy atom. The summed E-state index contributed by atoms with van der Waals surface area (Å²) >= 11 is 0. The number of Topliss-reactive ketones (excluding diaryl/α,β-unsaturated/α-hetero) is 1. The first kappa shape index (κ1) is 20.0. The Bertz CT molecular complexity index is 994. The Labute approximate surface area is 168 Å². The number of nitrogens with zero attached hydrogens (tertiary/aromatic N) is 3. The van der Waals surface area contributed by atoms with Crippen molar-refractivity contribution in [3.63, 3.8) is 0 Å². The number of methoxy groups -OCH3 is 1. The van der Waals surface area contributed by atoms with Crippen LogP contribution in [0.2, 0.25) is 0 Å². The minimum atomic E-state index is -0.908. The Kier molecular flexibility index (Phi) is 6.52. The zero-order chi connectivity index (χ0) is 20.6. The number of ether oxygens (including phenoxy) is 2. The molecule has 0 saturated carbocycles. The lowest BCUT2D eigenvalue weighted by Gasteiger charge is -2.11. The van der Waals surface area contributed by atoms with Crippen LogP contribution in [-0.4, -0.2) is 40.0 Å². The molecular weight excluding hydrogens is 370 g/mol. The molecule has 0 unspecified atom stereocenters. The third-order valence-corrected chi connectivity index (χ3v) is 4.17. The molecule has 0 N–H and O–H groups in total. The molecule has 0 spiro atoms. The standard InChI is InChI=1S/C22H21N3O4/c1-16(22(27)18-8-11-20(28-2)12-9-18)29-21(26)13-10-19-15-25(24-23-19)14-17-6-4-3-5-7-17/h3-13,15-16H,14H2,1-2H3/b13-10+/t16-/m0/s1. The summed E-state index contributed by atoms with van der Waals surface area (Å²) in [5.74, 6) is -0.269. The maximum Gasteiger partial charge on any atom is 0.331 e. The molecule has 0 amide bonds. The minimum absolute atomic E-state index is 0.289. The molecule has 0 aliphatic heterocycles. The monoisotopic (exact) mass is 391 g/mol. The molecular formula is C22H21N3O4. The Morgan fingerprint density at radius 1 is 1.10 bits per heavy atom. The van der Waals surface area contributed by atoms with Crippen LogP contribution in [0.25, 0.3) is 6.08 Å². The first-order valence-corrected chi connectivity index (χ1v) is 9.06. The van der Waals surface area contributed by atoms with Crippen molar-refractivity contribution in [3.8, 4) is 5.75 Å². The summed E-state index contributed by atoms with van der Waals surface area (Å²) in [5, 5.41) is 8.03. The van der Waals surface area contributed by atoms with E-state index in [4.69, 9.17) is 9.47 Å². The molecule has 3 rings (SSSR count). The first-order chi connectivity index (χ1) is 14.0. The third-order valence-electron chi connectivity index (χ3n) is 4.17. The van der Waals surface area contributed by atoms with Crippen LogP contribution in [0, 0.1) is 0 Å². The van der Waals surface area contributed by atoms with E-state index in [1.165, 1.54) is 19.1 Å². The van der Waals surface area contributed by atoms with Gasteiger partial charge < -0.3 is 9.47 Å². The predicted octanol–water partition coefficient (Wildman–Crippen LogP) is 3.16. The maximum absolute atomic E-state index is 12.4. The van der Waals surface area contributed by atoms with Crippen molar-refractivity contribution in [1.82, 2.24) is 15.0 Å². The summed E-state index contributed by atoms with van der Waals surface area (Å²) in [4.78, 5) is 24.4. The lowest BCUT2D eigenvalue weighted by Crippen LogP contribution is -2.23. The van der Waals surface area contributed by atoms with Gasteiger partial charge in [-0.2, -0.15) is 0 Å². The maximum atomic E-state index is 12.4. The third kappa shape index (κ3) is 5.62. The Hall–Kier alpha value is -3.74. The second-order valence-electron chi connectivity index (χ2n) is 6.33. The summed E-state index contributed by atoms with van der Waals surface area (Å²) < 4.78 is 11.9. The number of benzene rings is 2. The number of esters is 1. The molecule has 1 atom stereocenters. The number of hydrogen-bond acceptors (Lipinski definition) is 6. The smallest absolute Gasteiger partial charge is 0.331 e. The van der Waals surface area contributed by atoms with E-state index in [1.54, 1.807) is 42.3 Å². The number of hydrogen-bond donors (Lipinski definition) is 0. The molecule has 0 saturated heterocycles. The minimum Gasteiger partial charge on any atom is -0.497 e. The second kappa shape index (κ2) is 9.45. The number of aromatic nitrogens is 3. The number of carbonyl (C=O) groups excluding carboxylic acids is 2. The fourth-order valence-corrected chi connectivity index (χ4v) is 2.65. The number of carbonyl (C=O) groups is 2. The summed E-state index contributed by atoms with van der Waals surface area (Å²) in [7, 11) is 1.55. The van der Waals surface area contributed by atoms with Crippen molar-refractivity contribution in [2.75, 3.05) is 7.11 Å². The second-order valence-corrected chi connectivity index (χ2v) is 6.33. The average molecular weight is 391 g/mol. The van der Waals surface area contributed by atoms with E-state index in [9.17, 15) is 9.59 Å². The van der Waals surface area contributed by atoms with Crippen LogP contribution >= 0.6 is 0 Å². The van der Waals surface area contributed by atoms with Crippen LogP contribution in [0.5, 0.6) is 5.75 Å². The van der Waals surface area contributed by atoms with Gasteiger partial charge in [0.1, 0.15) is 11.4 Å². The summed E-state index contributed by atoms with van der Waals surface area (Å²) in [6, 6.07) is 16.5. The van der Waals surface area contributed by atoms with Crippen molar-refractivity contribution < 1.29 is 19.1 Å². The lowest BCUT2D eigenvalue weighted by atomic mass is 10.1. The predicted molar refractivity (Wildman–Crippen MR) is 107 cm³/mol. The Balaban J connectivity index is 1.54. The quantitative estimate of drug-likeness (QED) is 0.333. The highest BCUT2D eigenvalue weighted by Gasteiger charge is 2.18. The normalized spacial score (nSPS) is 11.9. The average Bonchev–Trinajstić information content (AvgIpc) is 3.19. The summed E-state index contributed by atoms with van der Waals surface area (Å²) in [6.07, 6.45) is 3.55. The first-order valence-electron chi connectivity index (χ1n) is 9.06. The van der Waals surface area contributed by atoms with E-state index in [1.807, 2.05) is 30.3 Å². The van der Waals surface area contributed by atoms with E-state index in [2.05, 4.69) is 10.3 Å². The topological polar surface area (TPSA) is 83.3 Å². The molecule has 29 heavy (non-hydrogen) atoms. The van der Waals surface area contributed by atoms with E-state index in [-0.39, 0.29) is 5.78 Å². The van der Waals surface area contributed by atoms with E-state index >= 15 is 0 Å². The van der Waals surface area contributed by atoms with E-state index < -0.39 is 12.1 Å². The van der Waals surface area contributed by atoms with Crippen LogP contribution < -0.4 is 4.74 Å². The summed E-state index contributed by atoms with van der Waals surface area (Å²) in [5.41, 5.74) is 2.06.